The highest BCUT2D eigenvalue weighted by Crippen LogP contribution is 2.50. The summed E-state index contributed by atoms with van der Waals surface area (Å²) in [5.41, 5.74) is 11.8. The quantitative estimate of drug-likeness (QED) is 0.0731. The molecule has 8 aromatic rings. The monoisotopic (exact) mass is 794 g/mol. The molecule has 1 fully saturated rings. The van der Waals surface area contributed by atoms with Gasteiger partial charge in [-0.25, -0.2) is 10.5 Å². The van der Waals surface area contributed by atoms with Crippen molar-refractivity contribution in [3.63, 3.8) is 0 Å². The average Bonchev–Trinajstić information content (AvgIpc) is 3.88. The van der Waals surface area contributed by atoms with Gasteiger partial charge in [0.25, 0.3) is 0 Å². The molecule has 0 amide bonds. The Morgan fingerprint density at radius 2 is 1.07 bits per heavy atom. The lowest BCUT2D eigenvalue weighted by atomic mass is 9.79. The molecule has 60 heavy (non-hydrogen) atoms. The van der Waals surface area contributed by atoms with Gasteiger partial charge in [0.15, 0.2) is 17.0 Å². The van der Waals surface area contributed by atoms with E-state index >= 15 is 0 Å². The molecule has 9 rings (SSSR count). The van der Waals surface area contributed by atoms with Gasteiger partial charge in [0.1, 0.15) is 16.8 Å². The summed E-state index contributed by atoms with van der Waals surface area (Å²) in [5.74, 6) is 0.403. The average molecular weight is 795 g/mol. The van der Waals surface area contributed by atoms with Gasteiger partial charge in [0, 0.05) is 12.5 Å². The largest absolute Gasteiger partial charge is 0.385 e. The van der Waals surface area contributed by atoms with Gasteiger partial charge in [-0.3, -0.25) is 4.84 Å². The van der Waals surface area contributed by atoms with Gasteiger partial charge in [-0.1, -0.05) is 182 Å². The number of fused-ring (bicyclic) bond motifs is 1. The first-order valence-electron chi connectivity index (χ1n) is 20.1. The van der Waals surface area contributed by atoms with Crippen LogP contribution in [0.15, 0.2) is 188 Å². The van der Waals surface area contributed by atoms with Crippen molar-refractivity contribution in [1.82, 2.24) is 19.5 Å². The summed E-state index contributed by atoms with van der Waals surface area (Å²) in [6.07, 6.45) is 1.54. The second-order valence-corrected chi connectivity index (χ2v) is 15.2. The fourth-order valence-corrected chi connectivity index (χ4v) is 8.92. The standard InChI is InChI=1S/C50H46N6O4/c1-58-55-45-44-46(54-47(51)53-45)56(35-52-44)42-32-43(60-50(39-26-14-5-15-27-39,40-28-16-6-17-29-40)41-30-18-7-19-31-41)48(57,33-42)34-59-49(36-20-8-2-9-21-36,37-22-10-3-11-23-37)38-24-12-4-13-25-38/h2-31,35,42-43,57H,32-34H2,1H3,(H3,51,53,54,55)/t42-,43-,48-/m0/s1. The number of nitrogens with two attached hydrogens (primary N) is 1. The van der Waals surface area contributed by atoms with E-state index in [2.05, 4.69) is 88.2 Å². The molecule has 0 saturated heterocycles. The molecule has 2 heterocycles. The highest BCUT2D eigenvalue weighted by Gasteiger charge is 2.54. The maximum Gasteiger partial charge on any atom is 0.224 e. The first kappa shape index (κ1) is 38.8. The lowest BCUT2D eigenvalue weighted by molar-refractivity contribution is -0.175. The molecule has 0 unspecified atom stereocenters. The van der Waals surface area contributed by atoms with Gasteiger partial charge < -0.3 is 24.9 Å². The predicted molar refractivity (Wildman–Crippen MR) is 233 cm³/mol. The number of rotatable bonds is 14. The van der Waals surface area contributed by atoms with Gasteiger partial charge >= 0.3 is 0 Å². The third-order valence-corrected chi connectivity index (χ3v) is 11.6. The van der Waals surface area contributed by atoms with Gasteiger partial charge in [-0.2, -0.15) is 9.97 Å². The maximum absolute atomic E-state index is 13.6. The summed E-state index contributed by atoms with van der Waals surface area (Å²) < 4.78 is 17.1. The van der Waals surface area contributed by atoms with E-state index in [0.717, 1.165) is 33.4 Å². The number of imidazole rings is 1. The molecular weight excluding hydrogens is 749 g/mol. The Hall–Kier alpha value is -6.69. The van der Waals surface area contributed by atoms with E-state index in [1.807, 2.05) is 114 Å². The molecule has 6 aromatic carbocycles. The van der Waals surface area contributed by atoms with Crippen LogP contribution >= 0.6 is 0 Å². The molecule has 0 radical (unpaired) electrons. The lowest BCUT2D eigenvalue weighted by Gasteiger charge is -2.43. The van der Waals surface area contributed by atoms with Crippen molar-refractivity contribution in [1.29, 1.82) is 0 Å². The smallest absolute Gasteiger partial charge is 0.224 e. The van der Waals surface area contributed by atoms with Crippen molar-refractivity contribution in [2.24, 2.45) is 0 Å². The molecule has 1 aliphatic carbocycles. The topological polar surface area (TPSA) is 130 Å². The van der Waals surface area contributed by atoms with E-state index in [1.165, 1.54) is 7.11 Å². The van der Waals surface area contributed by atoms with E-state index in [9.17, 15) is 5.11 Å². The number of aromatic nitrogens is 4. The number of benzene rings is 6. The summed E-state index contributed by atoms with van der Waals surface area (Å²) in [7, 11) is 1.50. The van der Waals surface area contributed by atoms with Crippen LogP contribution in [0.25, 0.3) is 11.2 Å². The second kappa shape index (κ2) is 16.5. The van der Waals surface area contributed by atoms with Crippen molar-refractivity contribution in [2.45, 2.75) is 41.8 Å². The molecule has 10 heteroatoms. The summed E-state index contributed by atoms with van der Waals surface area (Å²) in [6.45, 7) is -0.0957. The minimum atomic E-state index is -1.57. The lowest BCUT2D eigenvalue weighted by Crippen LogP contribution is -2.50. The molecule has 4 N–H and O–H groups in total. The molecule has 2 aromatic heterocycles. The molecule has 3 atom stereocenters. The summed E-state index contributed by atoms with van der Waals surface area (Å²) in [6, 6.07) is 60.9. The van der Waals surface area contributed by atoms with Crippen molar-refractivity contribution < 1.29 is 19.4 Å². The highest BCUT2D eigenvalue weighted by molar-refractivity contribution is 5.83. The molecule has 300 valence electrons. The summed E-state index contributed by atoms with van der Waals surface area (Å²) in [5, 5.41) is 13.6. The Morgan fingerprint density at radius 1 is 0.650 bits per heavy atom. The van der Waals surface area contributed by atoms with Gasteiger partial charge in [-0.05, 0) is 39.8 Å². The normalized spacial score (nSPS) is 18.1. The number of aliphatic hydroxyl groups is 1. The van der Waals surface area contributed by atoms with Crippen LogP contribution in [0.4, 0.5) is 11.8 Å². The van der Waals surface area contributed by atoms with Crippen LogP contribution in [0, 0.1) is 0 Å². The number of nitrogens with zero attached hydrogens (tertiary/aromatic N) is 4. The van der Waals surface area contributed by atoms with Crippen LogP contribution in [0.5, 0.6) is 0 Å². The van der Waals surface area contributed by atoms with Crippen LogP contribution in [0.2, 0.25) is 0 Å². The zero-order chi connectivity index (χ0) is 41.0. The Kier molecular flexibility index (Phi) is 10.7. The van der Waals surface area contributed by atoms with Crippen molar-refractivity contribution in [3.8, 4) is 0 Å². The Balaban J connectivity index is 1.22. The Labute approximate surface area is 349 Å². The van der Waals surface area contributed by atoms with Crippen LogP contribution in [-0.2, 0) is 25.5 Å². The molecule has 10 nitrogen and oxygen atoms in total. The van der Waals surface area contributed by atoms with E-state index < -0.39 is 22.9 Å². The molecule has 1 aliphatic rings. The predicted octanol–water partition coefficient (Wildman–Crippen LogP) is 8.83. The van der Waals surface area contributed by atoms with Gasteiger partial charge in [0.05, 0.1) is 26.1 Å². The third-order valence-electron chi connectivity index (χ3n) is 11.6. The zero-order valence-corrected chi connectivity index (χ0v) is 33.2. The van der Waals surface area contributed by atoms with Gasteiger partial charge in [0.2, 0.25) is 5.95 Å². The molecular formula is C50H46N6O4. The second-order valence-electron chi connectivity index (χ2n) is 15.2. The Bertz CT molecular complexity index is 2440. The number of hydrogen-bond donors (Lipinski definition) is 3. The molecule has 0 bridgehead atoms. The first-order chi connectivity index (χ1) is 29.4. The van der Waals surface area contributed by atoms with E-state index in [-0.39, 0.29) is 25.0 Å². The van der Waals surface area contributed by atoms with Crippen LogP contribution < -0.4 is 11.2 Å². The SMILES string of the molecule is CONc1nc(N)nc2c1ncn2[C@H]1C[C@H](OC(c2ccccc2)(c2ccccc2)c2ccccc2)[C@@](O)(COC(c2ccccc2)(c2ccccc2)c2ccccc2)C1. The fourth-order valence-electron chi connectivity index (χ4n) is 8.92. The summed E-state index contributed by atoms with van der Waals surface area (Å²) in [4.78, 5) is 18.9. The number of ether oxygens (including phenoxy) is 2. The van der Waals surface area contributed by atoms with Crippen molar-refractivity contribution in [3.05, 3.63) is 222 Å². The highest BCUT2D eigenvalue weighted by atomic mass is 16.6. The number of anilines is 2. The maximum atomic E-state index is 13.6. The number of nitrogens with one attached hydrogen (secondary N) is 1. The minimum Gasteiger partial charge on any atom is -0.385 e. The molecule has 0 aliphatic heterocycles. The van der Waals surface area contributed by atoms with Gasteiger partial charge in [-0.15, -0.1) is 0 Å². The molecule has 1 saturated carbocycles. The van der Waals surface area contributed by atoms with Crippen LogP contribution in [0.1, 0.15) is 52.3 Å². The number of nitrogen functional groups attached to an aromatic ring is 1. The van der Waals surface area contributed by atoms with E-state index in [0.29, 0.717) is 23.4 Å². The van der Waals surface area contributed by atoms with Crippen molar-refractivity contribution in [2.75, 3.05) is 24.9 Å². The van der Waals surface area contributed by atoms with Crippen LogP contribution in [0.3, 0.4) is 0 Å². The number of hydrogen-bond acceptors (Lipinski definition) is 9. The first-order valence-corrected chi connectivity index (χ1v) is 20.1. The summed E-state index contributed by atoms with van der Waals surface area (Å²) >= 11 is 0. The third kappa shape index (κ3) is 6.99. The van der Waals surface area contributed by atoms with E-state index in [4.69, 9.17) is 25.0 Å². The fraction of sp³-hybridized carbons (Fsp3) is 0.180. The molecule has 0 spiro atoms. The van der Waals surface area contributed by atoms with Crippen molar-refractivity contribution >= 4 is 22.9 Å². The van der Waals surface area contributed by atoms with Crippen LogP contribution in [-0.4, -0.2) is 50.0 Å². The minimum absolute atomic E-state index is 0.0582. The Morgan fingerprint density at radius 3 is 1.48 bits per heavy atom. The zero-order valence-electron chi connectivity index (χ0n) is 33.2. The van der Waals surface area contributed by atoms with E-state index in [1.54, 1.807) is 6.33 Å².